The highest BCUT2D eigenvalue weighted by Gasteiger charge is 2.27. The van der Waals surface area contributed by atoms with Gasteiger partial charge in [0.05, 0.1) is 5.69 Å². The molecule has 0 fully saturated rings. The molecule has 78 valence electrons. The lowest BCUT2D eigenvalue weighted by molar-refractivity contribution is -0.138. The molecule has 1 aromatic heterocycles. The summed E-state index contributed by atoms with van der Waals surface area (Å²) < 4.78 is 0.960. The first kappa shape index (κ1) is 11.1. The van der Waals surface area contributed by atoms with Crippen molar-refractivity contribution in [1.82, 2.24) is 9.78 Å². The van der Waals surface area contributed by atoms with Crippen LogP contribution in [0.4, 0.5) is 0 Å². The molecular weight excluding hydrogens is 200 g/mol. The summed E-state index contributed by atoms with van der Waals surface area (Å²) in [5.74, 6) is -0.168. The van der Waals surface area contributed by atoms with E-state index in [0.29, 0.717) is 5.75 Å². The smallest absolute Gasteiger partial charge is 0.319 e. The fourth-order valence-corrected chi connectivity index (χ4v) is 1.64. The van der Waals surface area contributed by atoms with Gasteiger partial charge in [-0.05, 0) is 19.9 Å². The highest BCUT2D eigenvalue weighted by molar-refractivity contribution is 8.00. The van der Waals surface area contributed by atoms with Gasteiger partial charge < -0.3 is 5.11 Å². The Bertz CT molecular complexity index is 333. The van der Waals surface area contributed by atoms with Crippen LogP contribution in [-0.4, -0.2) is 25.6 Å². The molecule has 0 aromatic carbocycles. The zero-order chi connectivity index (χ0) is 10.8. The van der Waals surface area contributed by atoms with Gasteiger partial charge in [-0.3, -0.25) is 9.48 Å². The van der Waals surface area contributed by atoms with E-state index in [4.69, 9.17) is 5.11 Å². The molecule has 0 aliphatic rings. The molecule has 0 bridgehead atoms. The molecule has 0 atom stereocenters. The van der Waals surface area contributed by atoms with Crippen molar-refractivity contribution in [3.63, 3.8) is 0 Å². The fraction of sp³-hybridized carbons (Fsp3) is 0.556. The van der Waals surface area contributed by atoms with Crippen LogP contribution < -0.4 is 0 Å². The van der Waals surface area contributed by atoms with E-state index in [0.717, 1.165) is 5.69 Å². The van der Waals surface area contributed by atoms with Gasteiger partial charge in [-0.25, -0.2) is 0 Å². The molecule has 1 N–H and O–H groups in total. The van der Waals surface area contributed by atoms with Crippen molar-refractivity contribution in [1.29, 1.82) is 0 Å². The van der Waals surface area contributed by atoms with Gasteiger partial charge in [-0.1, -0.05) is 0 Å². The van der Waals surface area contributed by atoms with Crippen LogP contribution in [0, 0.1) is 0 Å². The fourth-order valence-electron chi connectivity index (χ4n) is 0.856. The van der Waals surface area contributed by atoms with Gasteiger partial charge in [0.2, 0.25) is 0 Å². The van der Waals surface area contributed by atoms with Gasteiger partial charge in [0.25, 0.3) is 0 Å². The molecule has 14 heavy (non-hydrogen) atoms. The number of rotatable bonds is 4. The van der Waals surface area contributed by atoms with E-state index >= 15 is 0 Å². The van der Waals surface area contributed by atoms with Crippen molar-refractivity contribution in [2.24, 2.45) is 7.05 Å². The molecule has 1 heterocycles. The lowest BCUT2D eigenvalue weighted by Crippen LogP contribution is -2.27. The van der Waals surface area contributed by atoms with Gasteiger partial charge in [0.15, 0.2) is 0 Å². The van der Waals surface area contributed by atoms with Crippen LogP contribution in [0.3, 0.4) is 0 Å². The van der Waals surface area contributed by atoms with Crippen molar-refractivity contribution < 1.29 is 9.90 Å². The van der Waals surface area contributed by atoms with E-state index in [2.05, 4.69) is 5.10 Å². The zero-order valence-corrected chi connectivity index (χ0v) is 9.34. The predicted octanol–water partition coefficient (Wildman–Crippen LogP) is 1.52. The first-order chi connectivity index (χ1) is 6.42. The highest BCUT2D eigenvalue weighted by atomic mass is 32.2. The third-order valence-corrected chi connectivity index (χ3v) is 3.20. The standard InChI is InChI=1S/C9H14N2O2S/c1-9(2,8(12)13)14-6-7-4-5-11(3)10-7/h4-5H,6H2,1-3H3,(H,12,13). The summed E-state index contributed by atoms with van der Waals surface area (Å²) in [4.78, 5) is 10.8. The summed E-state index contributed by atoms with van der Waals surface area (Å²) in [5, 5.41) is 13.1. The molecule has 0 amide bonds. The number of aromatic nitrogens is 2. The Labute approximate surface area is 87.3 Å². The number of hydrogen-bond acceptors (Lipinski definition) is 3. The first-order valence-corrected chi connectivity index (χ1v) is 5.26. The molecule has 0 radical (unpaired) electrons. The van der Waals surface area contributed by atoms with E-state index in [1.165, 1.54) is 11.8 Å². The zero-order valence-electron chi connectivity index (χ0n) is 8.52. The van der Waals surface area contributed by atoms with Crippen LogP contribution in [0.15, 0.2) is 12.3 Å². The predicted molar refractivity (Wildman–Crippen MR) is 56.2 cm³/mol. The number of carboxylic acids is 1. The summed E-state index contributed by atoms with van der Waals surface area (Å²) in [7, 11) is 1.84. The molecule has 1 rings (SSSR count). The Kier molecular flexibility index (Phi) is 3.21. The van der Waals surface area contributed by atoms with Crippen molar-refractivity contribution >= 4 is 17.7 Å². The number of aliphatic carboxylic acids is 1. The normalized spacial score (nSPS) is 11.6. The Morgan fingerprint density at radius 2 is 2.36 bits per heavy atom. The second-order valence-electron chi connectivity index (χ2n) is 3.58. The minimum Gasteiger partial charge on any atom is -0.480 e. The third-order valence-electron chi connectivity index (χ3n) is 1.86. The molecule has 0 unspecified atom stereocenters. The van der Waals surface area contributed by atoms with Gasteiger partial charge in [0, 0.05) is 19.0 Å². The summed E-state index contributed by atoms with van der Waals surface area (Å²) in [5.41, 5.74) is 0.909. The van der Waals surface area contributed by atoms with E-state index in [-0.39, 0.29) is 0 Å². The Hall–Kier alpha value is -0.970. The summed E-state index contributed by atoms with van der Waals surface area (Å²) >= 11 is 1.38. The van der Waals surface area contributed by atoms with E-state index < -0.39 is 10.7 Å². The molecule has 5 heteroatoms. The van der Waals surface area contributed by atoms with E-state index in [1.54, 1.807) is 18.5 Å². The van der Waals surface area contributed by atoms with Crippen LogP contribution in [0.2, 0.25) is 0 Å². The summed E-state index contributed by atoms with van der Waals surface area (Å²) in [6.45, 7) is 3.39. The lowest BCUT2D eigenvalue weighted by Gasteiger charge is -2.17. The number of carboxylic acid groups (broad SMARTS) is 1. The van der Waals surface area contributed by atoms with Crippen molar-refractivity contribution in [3.05, 3.63) is 18.0 Å². The second kappa shape index (κ2) is 4.04. The quantitative estimate of drug-likeness (QED) is 0.825. The Balaban J connectivity index is 2.52. The molecule has 0 saturated carbocycles. The maximum Gasteiger partial charge on any atom is 0.319 e. The number of thioether (sulfide) groups is 1. The topological polar surface area (TPSA) is 55.1 Å². The lowest BCUT2D eigenvalue weighted by atomic mass is 10.2. The Morgan fingerprint density at radius 1 is 1.71 bits per heavy atom. The SMILES string of the molecule is Cn1ccc(CSC(C)(C)C(=O)O)n1. The number of aryl methyl sites for hydroxylation is 1. The van der Waals surface area contributed by atoms with Crippen molar-refractivity contribution in [2.75, 3.05) is 0 Å². The largest absolute Gasteiger partial charge is 0.480 e. The Morgan fingerprint density at radius 3 is 2.79 bits per heavy atom. The molecule has 0 spiro atoms. The minimum absolute atomic E-state index is 0.625. The van der Waals surface area contributed by atoms with Gasteiger partial charge in [0.1, 0.15) is 4.75 Å². The number of nitrogens with zero attached hydrogens (tertiary/aromatic N) is 2. The second-order valence-corrected chi connectivity index (χ2v) is 5.18. The van der Waals surface area contributed by atoms with Crippen LogP contribution in [0.5, 0.6) is 0 Å². The van der Waals surface area contributed by atoms with Gasteiger partial charge in [-0.15, -0.1) is 11.8 Å². The van der Waals surface area contributed by atoms with Crippen LogP contribution in [0.25, 0.3) is 0 Å². The minimum atomic E-state index is -0.793. The van der Waals surface area contributed by atoms with Crippen LogP contribution >= 0.6 is 11.8 Å². The van der Waals surface area contributed by atoms with Gasteiger partial charge >= 0.3 is 5.97 Å². The summed E-state index contributed by atoms with van der Waals surface area (Å²) in [6, 6.07) is 1.89. The van der Waals surface area contributed by atoms with Crippen LogP contribution in [-0.2, 0) is 17.6 Å². The average Bonchev–Trinajstić information content (AvgIpc) is 2.48. The molecular formula is C9H14N2O2S. The van der Waals surface area contributed by atoms with E-state index in [9.17, 15) is 4.79 Å². The highest BCUT2D eigenvalue weighted by Crippen LogP contribution is 2.27. The number of hydrogen-bond donors (Lipinski definition) is 1. The van der Waals surface area contributed by atoms with Crippen LogP contribution in [0.1, 0.15) is 19.5 Å². The number of carbonyl (C=O) groups is 1. The molecule has 1 aromatic rings. The van der Waals surface area contributed by atoms with Crippen molar-refractivity contribution in [3.8, 4) is 0 Å². The first-order valence-electron chi connectivity index (χ1n) is 4.28. The summed E-state index contributed by atoms with van der Waals surface area (Å²) in [6.07, 6.45) is 1.85. The molecule has 4 nitrogen and oxygen atoms in total. The monoisotopic (exact) mass is 214 g/mol. The molecule has 0 aliphatic heterocycles. The maximum atomic E-state index is 10.8. The van der Waals surface area contributed by atoms with E-state index in [1.807, 2.05) is 19.3 Å². The molecule has 0 saturated heterocycles. The van der Waals surface area contributed by atoms with Crippen molar-refractivity contribution in [2.45, 2.75) is 24.3 Å². The average molecular weight is 214 g/mol. The maximum absolute atomic E-state index is 10.8. The van der Waals surface area contributed by atoms with Gasteiger partial charge in [-0.2, -0.15) is 5.10 Å². The third kappa shape index (κ3) is 2.77. The molecule has 0 aliphatic carbocycles.